The number of hydrogen-bond donors (Lipinski definition) is 1. The highest BCUT2D eigenvalue weighted by Gasteiger charge is 2.39. The van der Waals surface area contributed by atoms with Gasteiger partial charge in [-0.3, -0.25) is 0 Å². The van der Waals surface area contributed by atoms with Crippen molar-refractivity contribution in [3.05, 3.63) is 30.1 Å². The molecule has 1 aliphatic rings. The molecule has 1 aromatic rings. The van der Waals surface area contributed by atoms with Crippen molar-refractivity contribution < 1.29 is 9.13 Å². The van der Waals surface area contributed by atoms with E-state index < -0.39 is 0 Å². The standard InChI is InChI=1S/C10H12FNO.ClH/c11-8-3-1-2-4-9(8)13-7-10(12)5-6-10;/h1-4H,5-7,12H2;1H. The van der Waals surface area contributed by atoms with Gasteiger partial charge < -0.3 is 10.5 Å². The van der Waals surface area contributed by atoms with Crippen LogP contribution in [0.3, 0.4) is 0 Å². The molecule has 2 rings (SSSR count). The van der Waals surface area contributed by atoms with Crippen LogP contribution in [0, 0.1) is 5.82 Å². The number of para-hydroxylation sites is 1. The summed E-state index contributed by atoms with van der Waals surface area (Å²) in [7, 11) is 0. The van der Waals surface area contributed by atoms with E-state index in [4.69, 9.17) is 10.5 Å². The largest absolute Gasteiger partial charge is 0.489 e. The summed E-state index contributed by atoms with van der Waals surface area (Å²) in [6.07, 6.45) is 1.95. The minimum Gasteiger partial charge on any atom is -0.489 e. The number of benzene rings is 1. The molecular formula is C10H13ClFNO. The fraction of sp³-hybridized carbons (Fsp3) is 0.400. The number of rotatable bonds is 3. The second-order valence-electron chi connectivity index (χ2n) is 3.58. The molecule has 1 aliphatic carbocycles. The van der Waals surface area contributed by atoms with Crippen LogP contribution in [0.15, 0.2) is 24.3 Å². The van der Waals surface area contributed by atoms with Gasteiger partial charge in [0, 0.05) is 0 Å². The molecule has 0 amide bonds. The van der Waals surface area contributed by atoms with Crippen LogP contribution in [0.1, 0.15) is 12.8 Å². The van der Waals surface area contributed by atoms with Crippen molar-refractivity contribution in [2.24, 2.45) is 5.73 Å². The van der Waals surface area contributed by atoms with E-state index in [9.17, 15) is 4.39 Å². The number of hydrogen-bond acceptors (Lipinski definition) is 2. The maximum Gasteiger partial charge on any atom is 0.165 e. The van der Waals surface area contributed by atoms with Crippen LogP contribution < -0.4 is 10.5 Å². The molecule has 0 bridgehead atoms. The minimum absolute atomic E-state index is 0. The molecule has 2 nitrogen and oxygen atoms in total. The Balaban J connectivity index is 0.000000980. The Kier molecular flexibility index (Phi) is 3.34. The van der Waals surface area contributed by atoms with Crippen molar-refractivity contribution in [2.75, 3.05) is 6.61 Å². The lowest BCUT2D eigenvalue weighted by atomic mass is 10.3. The normalized spacial score (nSPS) is 17.0. The summed E-state index contributed by atoms with van der Waals surface area (Å²) in [5.74, 6) is -0.0361. The van der Waals surface area contributed by atoms with Crippen LogP contribution >= 0.6 is 12.4 Å². The molecule has 0 radical (unpaired) electrons. The van der Waals surface area contributed by atoms with Gasteiger partial charge in [-0.15, -0.1) is 12.4 Å². The Labute approximate surface area is 88.7 Å². The van der Waals surface area contributed by atoms with Crippen molar-refractivity contribution in [1.82, 2.24) is 0 Å². The Bertz CT molecular complexity index is 315. The summed E-state index contributed by atoms with van der Waals surface area (Å²) in [6.45, 7) is 0.411. The van der Waals surface area contributed by atoms with Gasteiger partial charge in [-0.25, -0.2) is 4.39 Å². The lowest BCUT2D eigenvalue weighted by Crippen LogP contribution is -2.29. The predicted molar refractivity (Wildman–Crippen MR) is 55.3 cm³/mol. The third-order valence-corrected chi connectivity index (χ3v) is 2.24. The first kappa shape index (κ1) is 11.3. The average molecular weight is 218 g/mol. The van der Waals surface area contributed by atoms with E-state index in [1.165, 1.54) is 6.07 Å². The van der Waals surface area contributed by atoms with E-state index >= 15 is 0 Å². The second-order valence-corrected chi connectivity index (χ2v) is 3.58. The molecule has 4 heteroatoms. The highest BCUT2D eigenvalue weighted by atomic mass is 35.5. The van der Waals surface area contributed by atoms with Gasteiger partial charge >= 0.3 is 0 Å². The highest BCUT2D eigenvalue weighted by molar-refractivity contribution is 5.85. The van der Waals surface area contributed by atoms with Gasteiger partial charge in [0.05, 0.1) is 5.54 Å². The Hall–Kier alpha value is -0.800. The lowest BCUT2D eigenvalue weighted by molar-refractivity contribution is 0.267. The van der Waals surface area contributed by atoms with Crippen molar-refractivity contribution in [3.8, 4) is 5.75 Å². The molecule has 0 unspecified atom stereocenters. The zero-order valence-electron chi connectivity index (χ0n) is 7.70. The third-order valence-electron chi connectivity index (χ3n) is 2.24. The van der Waals surface area contributed by atoms with Crippen LogP contribution in [0.4, 0.5) is 4.39 Å². The van der Waals surface area contributed by atoms with Crippen molar-refractivity contribution >= 4 is 12.4 Å². The maximum absolute atomic E-state index is 13.0. The fourth-order valence-corrected chi connectivity index (χ4v) is 1.09. The molecule has 0 spiro atoms. The molecular weight excluding hydrogens is 205 g/mol. The summed E-state index contributed by atoms with van der Waals surface area (Å²) in [6, 6.07) is 6.37. The van der Waals surface area contributed by atoms with Gasteiger partial charge in [-0.05, 0) is 25.0 Å². The molecule has 1 fully saturated rings. The first-order valence-corrected chi connectivity index (χ1v) is 4.36. The Morgan fingerprint density at radius 2 is 2.00 bits per heavy atom. The molecule has 1 saturated carbocycles. The number of ether oxygens (including phenoxy) is 1. The second kappa shape index (κ2) is 4.15. The number of nitrogens with two attached hydrogens (primary N) is 1. The van der Waals surface area contributed by atoms with Crippen LogP contribution in [-0.4, -0.2) is 12.1 Å². The van der Waals surface area contributed by atoms with Crippen molar-refractivity contribution in [3.63, 3.8) is 0 Å². The number of halogens is 2. The molecule has 0 aliphatic heterocycles. The predicted octanol–water partition coefficient (Wildman–Crippen LogP) is 2.12. The smallest absolute Gasteiger partial charge is 0.165 e. The zero-order chi connectivity index (χ0) is 9.31. The van der Waals surface area contributed by atoms with E-state index in [0.29, 0.717) is 12.4 Å². The molecule has 14 heavy (non-hydrogen) atoms. The summed E-state index contributed by atoms with van der Waals surface area (Å²) in [5, 5.41) is 0. The Morgan fingerprint density at radius 1 is 1.36 bits per heavy atom. The van der Waals surface area contributed by atoms with Crippen LogP contribution in [0.25, 0.3) is 0 Å². The first-order chi connectivity index (χ1) is 6.20. The third kappa shape index (κ3) is 2.59. The summed E-state index contributed by atoms with van der Waals surface area (Å²) in [5.41, 5.74) is 5.60. The van der Waals surface area contributed by atoms with Gasteiger partial charge in [0.2, 0.25) is 0 Å². The van der Waals surface area contributed by atoms with E-state index in [1.807, 2.05) is 0 Å². The van der Waals surface area contributed by atoms with E-state index in [1.54, 1.807) is 18.2 Å². The SMILES string of the molecule is Cl.NC1(COc2ccccc2F)CC1. The quantitative estimate of drug-likeness (QED) is 0.842. The van der Waals surface area contributed by atoms with Crippen LogP contribution in [0.2, 0.25) is 0 Å². The van der Waals surface area contributed by atoms with Crippen molar-refractivity contribution in [2.45, 2.75) is 18.4 Å². The van der Waals surface area contributed by atoms with Crippen molar-refractivity contribution in [1.29, 1.82) is 0 Å². The molecule has 78 valence electrons. The summed E-state index contributed by atoms with van der Waals surface area (Å²) in [4.78, 5) is 0. The van der Waals surface area contributed by atoms with Crippen LogP contribution in [-0.2, 0) is 0 Å². The fourth-order valence-electron chi connectivity index (χ4n) is 1.09. The van der Waals surface area contributed by atoms with Crippen LogP contribution in [0.5, 0.6) is 5.75 Å². The van der Waals surface area contributed by atoms with Gasteiger partial charge in [-0.1, -0.05) is 12.1 Å². The monoisotopic (exact) mass is 217 g/mol. The van der Waals surface area contributed by atoms with E-state index in [-0.39, 0.29) is 23.8 Å². The minimum atomic E-state index is -0.327. The first-order valence-electron chi connectivity index (χ1n) is 4.36. The molecule has 1 aromatic carbocycles. The molecule has 0 atom stereocenters. The maximum atomic E-state index is 13.0. The molecule has 0 heterocycles. The van der Waals surface area contributed by atoms with Gasteiger partial charge in [0.1, 0.15) is 6.61 Å². The average Bonchev–Trinajstić information content (AvgIpc) is 2.83. The van der Waals surface area contributed by atoms with Gasteiger partial charge in [0.15, 0.2) is 11.6 Å². The summed E-state index contributed by atoms with van der Waals surface area (Å²) < 4.78 is 18.3. The zero-order valence-corrected chi connectivity index (χ0v) is 8.52. The topological polar surface area (TPSA) is 35.2 Å². The van der Waals surface area contributed by atoms with Gasteiger partial charge in [-0.2, -0.15) is 0 Å². The molecule has 2 N–H and O–H groups in total. The lowest BCUT2D eigenvalue weighted by Gasteiger charge is -2.11. The van der Waals surface area contributed by atoms with E-state index in [0.717, 1.165) is 12.8 Å². The van der Waals surface area contributed by atoms with E-state index in [2.05, 4.69) is 0 Å². The molecule has 0 aromatic heterocycles. The highest BCUT2D eigenvalue weighted by Crippen LogP contribution is 2.32. The summed E-state index contributed by atoms with van der Waals surface area (Å²) >= 11 is 0. The van der Waals surface area contributed by atoms with Gasteiger partial charge in [0.25, 0.3) is 0 Å². The Morgan fingerprint density at radius 3 is 2.57 bits per heavy atom. The molecule has 0 saturated heterocycles.